The molecule has 4 heterocycles. The lowest BCUT2D eigenvalue weighted by Crippen LogP contribution is -2.54. The van der Waals surface area contributed by atoms with Crippen molar-refractivity contribution >= 4 is 46.4 Å². The Morgan fingerprint density at radius 1 is 0.918 bits per heavy atom. The van der Waals surface area contributed by atoms with Gasteiger partial charge in [0.15, 0.2) is 5.76 Å². The lowest BCUT2D eigenvalue weighted by molar-refractivity contribution is -0.131. The molecule has 0 spiro atoms. The molecule has 7 rings (SSSR count). The van der Waals surface area contributed by atoms with E-state index in [4.69, 9.17) is 37.4 Å². The van der Waals surface area contributed by atoms with Gasteiger partial charge in [-0.25, -0.2) is 4.98 Å². The largest absolute Gasteiger partial charge is 0.462 e. The minimum absolute atomic E-state index is 0.0597. The van der Waals surface area contributed by atoms with Crippen LogP contribution in [0.4, 0.5) is 11.4 Å². The molecule has 12 heteroatoms. The first-order valence-corrected chi connectivity index (χ1v) is 16.9. The van der Waals surface area contributed by atoms with Crippen molar-refractivity contribution in [3.05, 3.63) is 124 Å². The number of benzene rings is 3. The Balaban J connectivity index is 0.939. The zero-order chi connectivity index (χ0) is 33.7. The number of rotatable bonds is 10. The van der Waals surface area contributed by atoms with Crippen LogP contribution in [0.15, 0.2) is 97.1 Å². The number of piperazine rings is 1. The number of pyridine rings is 1. The molecule has 252 valence electrons. The molecule has 10 nitrogen and oxygen atoms in total. The molecule has 1 saturated heterocycles. The Kier molecular flexibility index (Phi) is 9.88. The Morgan fingerprint density at radius 2 is 1.76 bits per heavy atom. The number of nitrogens with zero attached hydrogens (tertiary/aromatic N) is 4. The monoisotopic (exact) mass is 699 g/mol. The molecule has 0 saturated carbocycles. The molecular weight excluding hydrogens is 665 g/mol. The number of hydrogen-bond donors (Lipinski definition) is 1. The van der Waals surface area contributed by atoms with Gasteiger partial charge in [0, 0.05) is 55.6 Å². The molecule has 3 aliphatic heterocycles. The summed E-state index contributed by atoms with van der Waals surface area (Å²) >= 11 is 12.0. The molecular formula is C37H35Cl2N5O5. The second kappa shape index (κ2) is 14.8. The van der Waals surface area contributed by atoms with Crippen LogP contribution in [-0.2, 0) is 27.1 Å². The fourth-order valence-corrected chi connectivity index (χ4v) is 6.71. The number of hydrogen-bond acceptors (Lipinski definition) is 8. The molecule has 1 atom stereocenters. The van der Waals surface area contributed by atoms with Crippen LogP contribution in [0.3, 0.4) is 0 Å². The Morgan fingerprint density at radius 3 is 2.49 bits per heavy atom. The molecule has 0 aliphatic carbocycles. The van der Waals surface area contributed by atoms with Gasteiger partial charge in [-0.15, -0.1) is 0 Å². The highest BCUT2D eigenvalue weighted by molar-refractivity contribution is 6.42. The lowest BCUT2D eigenvalue weighted by Gasteiger charge is -2.39. The summed E-state index contributed by atoms with van der Waals surface area (Å²) in [6.45, 7) is 4.08. The topological polar surface area (TPSA) is 96.5 Å². The summed E-state index contributed by atoms with van der Waals surface area (Å²) in [6, 6.07) is 24.4. The third-order valence-electron chi connectivity index (χ3n) is 9.00. The maximum Gasteiger partial charge on any atom is 0.255 e. The first kappa shape index (κ1) is 32.8. The van der Waals surface area contributed by atoms with Crippen LogP contribution in [0.2, 0.25) is 10.0 Å². The van der Waals surface area contributed by atoms with E-state index >= 15 is 0 Å². The Hall–Kier alpha value is -4.77. The van der Waals surface area contributed by atoms with Gasteiger partial charge in [0.05, 0.1) is 34.5 Å². The number of amides is 2. The number of carbonyl (C=O) groups is 2. The van der Waals surface area contributed by atoms with Gasteiger partial charge in [0.2, 0.25) is 18.6 Å². The molecule has 1 N–H and O–H groups in total. The lowest BCUT2D eigenvalue weighted by atomic mass is 10.0. The summed E-state index contributed by atoms with van der Waals surface area (Å²) in [4.78, 5) is 37.0. The maximum atomic E-state index is 13.5. The summed E-state index contributed by atoms with van der Waals surface area (Å²) < 4.78 is 17.4. The number of anilines is 2. The van der Waals surface area contributed by atoms with E-state index in [0.717, 1.165) is 49.5 Å². The fourth-order valence-electron chi connectivity index (χ4n) is 6.42. The molecule has 1 fully saturated rings. The number of aromatic nitrogens is 1. The van der Waals surface area contributed by atoms with Gasteiger partial charge in [-0.2, -0.15) is 0 Å². The molecule has 1 unspecified atom stereocenters. The molecule has 49 heavy (non-hydrogen) atoms. The van der Waals surface area contributed by atoms with Gasteiger partial charge in [-0.1, -0.05) is 59.6 Å². The van der Waals surface area contributed by atoms with E-state index in [1.54, 1.807) is 30.5 Å². The molecule has 3 aromatic carbocycles. The minimum Gasteiger partial charge on any atom is -0.462 e. The minimum atomic E-state index is -0.329. The molecule has 4 aromatic rings. The number of carbonyl (C=O) groups excluding carboxylic acids is 2. The van der Waals surface area contributed by atoms with Crippen LogP contribution in [-0.4, -0.2) is 78.7 Å². The van der Waals surface area contributed by atoms with Crippen LogP contribution in [0.1, 0.15) is 21.5 Å². The average molecular weight is 701 g/mol. The van der Waals surface area contributed by atoms with E-state index in [2.05, 4.69) is 32.2 Å². The van der Waals surface area contributed by atoms with E-state index in [0.29, 0.717) is 52.6 Å². The second-order valence-electron chi connectivity index (χ2n) is 12.1. The normalized spacial score (nSPS) is 16.3. The van der Waals surface area contributed by atoms with Gasteiger partial charge in [0.25, 0.3) is 5.91 Å². The summed E-state index contributed by atoms with van der Waals surface area (Å²) in [7, 11) is 0. The quantitative estimate of drug-likeness (QED) is 0.203. The van der Waals surface area contributed by atoms with Gasteiger partial charge in [-0.3, -0.25) is 14.5 Å². The maximum absolute atomic E-state index is 13.5. The van der Waals surface area contributed by atoms with E-state index < -0.39 is 0 Å². The summed E-state index contributed by atoms with van der Waals surface area (Å²) in [5.41, 5.74) is 4.15. The van der Waals surface area contributed by atoms with Crippen molar-refractivity contribution in [2.45, 2.75) is 18.9 Å². The van der Waals surface area contributed by atoms with Crippen molar-refractivity contribution in [2.24, 2.45) is 0 Å². The molecule has 0 radical (unpaired) electrons. The number of nitrogens with one attached hydrogen (secondary N) is 1. The number of fused-ring (bicyclic) bond motifs is 1. The smallest absolute Gasteiger partial charge is 0.255 e. The second-order valence-corrected chi connectivity index (χ2v) is 12.9. The zero-order valence-corrected chi connectivity index (χ0v) is 28.2. The van der Waals surface area contributed by atoms with Crippen molar-refractivity contribution in [1.82, 2.24) is 14.8 Å². The standard InChI is InChI=1S/C37H35Cl2N5O5/c38-29-11-9-26(20-30(29)39)37(46)41-27-10-12-35(40-21-27)49-33-8-4-7-31-28(33)13-14-44(31)22-36(45)43-17-15-42(16-18-43)32(34-23-47-24-48-34)19-25-5-2-1-3-6-25/h1-12,20-21,23,32H,13-19,22,24H2,(H,41,46). The third-order valence-corrected chi connectivity index (χ3v) is 9.74. The fraction of sp³-hybridized carbons (Fsp3) is 0.270. The van der Waals surface area contributed by atoms with Crippen LogP contribution < -0.4 is 15.0 Å². The summed E-state index contributed by atoms with van der Waals surface area (Å²) in [5, 5.41) is 3.49. The van der Waals surface area contributed by atoms with Crippen LogP contribution in [0.25, 0.3) is 0 Å². The highest BCUT2D eigenvalue weighted by Gasteiger charge is 2.32. The highest BCUT2D eigenvalue weighted by atomic mass is 35.5. The van der Waals surface area contributed by atoms with Gasteiger partial charge in [-0.05, 0) is 54.8 Å². The Labute approximate surface area is 294 Å². The van der Waals surface area contributed by atoms with Gasteiger partial charge in [0.1, 0.15) is 12.0 Å². The molecule has 1 aromatic heterocycles. The van der Waals surface area contributed by atoms with Crippen molar-refractivity contribution in [2.75, 3.05) is 56.3 Å². The molecule has 3 aliphatic rings. The van der Waals surface area contributed by atoms with Crippen LogP contribution in [0, 0.1) is 0 Å². The van der Waals surface area contributed by atoms with E-state index in [-0.39, 0.29) is 24.6 Å². The van der Waals surface area contributed by atoms with E-state index in [1.807, 2.05) is 41.3 Å². The van der Waals surface area contributed by atoms with Crippen LogP contribution in [0.5, 0.6) is 11.6 Å². The van der Waals surface area contributed by atoms with Gasteiger partial charge < -0.3 is 29.3 Å². The first-order valence-electron chi connectivity index (χ1n) is 16.2. The molecule has 2 amide bonds. The SMILES string of the molecule is O=C(Nc1ccc(Oc2cccc3c2CCN3CC(=O)N2CCN(C(Cc3ccccc3)C3=COCO3)CC2)nc1)c1ccc(Cl)c(Cl)c1. The summed E-state index contributed by atoms with van der Waals surface area (Å²) in [6.07, 6.45) is 4.83. The summed E-state index contributed by atoms with van der Waals surface area (Å²) in [5.74, 6) is 1.71. The first-order chi connectivity index (χ1) is 23.9. The number of ether oxygens (including phenoxy) is 3. The van der Waals surface area contributed by atoms with E-state index in [1.165, 1.54) is 17.8 Å². The Bertz CT molecular complexity index is 1850. The molecule has 0 bridgehead atoms. The van der Waals surface area contributed by atoms with Crippen molar-refractivity contribution in [3.63, 3.8) is 0 Å². The van der Waals surface area contributed by atoms with E-state index in [9.17, 15) is 9.59 Å². The predicted molar refractivity (Wildman–Crippen MR) is 188 cm³/mol. The van der Waals surface area contributed by atoms with Crippen molar-refractivity contribution < 1.29 is 23.8 Å². The van der Waals surface area contributed by atoms with Gasteiger partial charge >= 0.3 is 0 Å². The average Bonchev–Trinajstić information content (AvgIpc) is 3.81. The zero-order valence-electron chi connectivity index (χ0n) is 26.7. The van der Waals surface area contributed by atoms with Crippen molar-refractivity contribution in [1.29, 1.82) is 0 Å². The number of halogens is 2. The third kappa shape index (κ3) is 7.62. The highest BCUT2D eigenvalue weighted by Crippen LogP contribution is 2.37. The van der Waals surface area contributed by atoms with Crippen LogP contribution >= 0.6 is 23.2 Å². The predicted octanol–water partition coefficient (Wildman–Crippen LogP) is 6.40. The van der Waals surface area contributed by atoms with Crippen molar-refractivity contribution in [3.8, 4) is 11.6 Å².